The number of pyridine rings is 1. The lowest BCUT2D eigenvalue weighted by Gasteiger charge is -2.45. The van der Waals surface area contributed by atoms with Gasteiger partial charge in [0.1, 0.15) is 11.2 Å². The van der Waals surface area contributed by atoms with Crippen molar-refractivity contribution in [3.63, 3.8) is 0 Å². The molecule has 5 nitrogen and oxygen atoms in total. The molecular weight excluding hydrogens is 514 g/mol. The molecule has 42 heavy (non-hydrogen) atoms. The molecule has 0 saturated carbocycles. The summed E-state index contributed by atoms with van der Waals surface area (Å²) in [5, 5.41) is 5.36. The number of benzene rings is 4. The van der Waals surface area contributed by atoms with Gasteiger partial charge < -0.3 is 14.4 Å². The fourth-order valence-electron chi connectivity index (χ4n) is 9.95. The average Bonchev–Trinajstić information content (AvgIpc) is 3.74. The van der Waals surface area contributed by atoms with Gasteiger partial charge in [-0.1, -0.05) is 50.2 Å². The first-order valence-electron chi connectivity index (χ1n) is 15.0. The summed E-state index contributed by atoms with van der Waals surface area (Å²) in [5.74, 6) is 0. The molecule has 4 aromatic carbocycles. The van der Waals surface area contributed by atoms with Gasteiger partial charge >= 0.3 is 0 Å². The molecule has 0 fully saturated rings. The minimum absolute atomic E-state index is 0.0852. The summed E-state index contributed by atoms with van der Waals surface area (Å²) in [4.78, 5) is 4.97. The lowest BCUT2D eigenvalue weighted by atomic mass is 9.69. The van der Waals surface area contributed by atoms with E-state index in [4.69, 9.17) is 0 Å². The highest BCUT2D eigenvalue weighted by atomic mass is 15.5. The van der Waals surface area contributed by atoms with E-state index in [2.05, 4.69) is 142 Å². The number of anilines is 1. The zero-order chi connectivity index (χ0) is 27.4. The van der Waals surface area contributed by atoms with Crippen LogP contribution in [0.2, 0.25) is 0 Å². The van der Waals surface area contributed by atoms with Crippen LogP contribution < -0.4 is 9.47 Å². The number of likely N-dealkylation sites (N-methyl/N-ethyl adjacent to an activating group) is 1. The first kappa shape index (κ1) is 20.8. The van der Waals surface area contributed by atoms with E-state index >= 15 is 0 Å². The molecule has 1 spiro atoms. The van der Waals surface area contributed by atoms with Gasteiger partial charge in [0.05, 0.1) is 45.1 Å². The molecule has 5 aliphatic heterocycles. The van der Waals surface area contributed by atoms with Gasteiger partial charge in [-0.3, -0.25) is 0 Å². The van der Waals surface area contributed by atoms with Gasteiger partial charge in [-0.05, 0) is 42.5 Å². The van der Waals surface area contributed by atoms with Crippen LogP contribution in [-0.4, -0.2) is 27.2 Å². The zero-order valence-corrected chi connectivity index (χ0v) is 23.6. The Hall–Kier alpha value is -5.03. The van der Waals surface area contributed by atoms with E-state index in [0.29, 0.717) is 0 Å². The summed E-state index contributed by atoms with van der Waals surface area (Å²) in [6, 6.07) is 30.1. The Balaban J connectivity index is 1.49. The van der Waals surface area contributed by atoms with Gasteiger partial charge in [0.25, 0.3) is 5.65 Å². The monoisotopic (exact) mass is 540 g/mol. The average molecular weight is 541 g/mol. The van der Waals surface area contributed by atoms with E-state index in [9.17, 15) is 0 Å². The van der Waals surface area contributed by atoms with Crippen molar-refractivity contribution in [1.29, 1.82) is 0 Å². The Morgan fingerprint density at radius 3 is 2.43 bits per heavy atom. The Labute approximate surface area is 241 Å². The predicted molar refractivity (Wildman–Crippen MR) is 167 cm³/mol. The summed E-state index contributed by atoms with van der Waals surface area (Å²) in [7, 11) is 2.26. The number of aromatic nitrogens is 3. The van der Waals surface area contributed by atoms with E-state index < -0.39 is 5.54 Å². The van der Waals surface area contributed by atoms with Crippen LogP contribution >= 0.6 is 0 Å². The normalized spacial score (nSPS) is 22.5. The molecule has 0 N–H and O–H groups in total. The smallest absolute Gasteiger partial charge is 0.296 e. The molecule has 7 aromatic rings. The highest BCUT2D eigenvalue weighted by molar-refractivity contribution is 6.16. The van der Waals surface area contributed by atoms with Crippen molar-refractivity contribution in [3.8, 4) is 11.4 Å². The predicted octanol–water partition coefficient (Wildman–Crippen LogP) is 6.79. The number of para-hydroxylation sites is 2. The van der Waals surface area contributed by atoms with Gasteiger partial charge in [0.15, 0.2) is 6.17 Å². The highest BCUT2D eigenvalue weighted by Crippen LogP contribution is 2.63. The van der Waals surface area contributed by atoms with Gasteiger partial charge in [0, 0.05) is 52.1 Å². The van der Waals surface area contributed by atoms with Crippen molar-refractivity contribution < 1.29 is 4.57 Å². The maximum absolute atomic E-state index is 2.66. The van der Waals surface area contributed by atoms with Gasteiger partial charge in [-0.15, -0.1) is 0 Å². The van der Waals surface area contributed by atoms with Crippen LogP contribution in [0.3, 0.4) is 0 Å². The molecule has 8 heterocycles. The van der Waals surface area contributed by atoms with Crippen LogP contribution in [0.15, 0.2) is 97.5 Å². The molecule has 5 heteroatoms. The molecule has 3 aromatic heterocycles. The van der Waals surface area contributed by atoms with Gasteiger partial charge in [0.2, 0.25) is 5.54 Å². The summed E-state index contributed by atoms with van der Waals surface area (Å²) >= 11 is 0. The van der Waals surface area contributed by atoms with Crippen molar-refractivity contribution in [2.45, 2.75) is 31.0 Å². The van der Waals surface area contributed by atoms with Crippen LogP contribution in [0.5, 0.6) is 0 Å². The van der Waals surface area contributed by atoms with E-state index in [0.717, 1.165) is 0 Å². The fourth-order valence-corrected chi connectivity index (χ4v) is 9.95. The van der Waals surface area contributed by atoms with Gasteiger partial charge in [-0.25, -0.2) is 4.57 Å². The van der Waals surface area contributed by atoms with Crippen LogP contribution in [-0.2, 0) is 11.0 Å². The number of hydrogen-bond acceptors (Lipinski definition) is 2. The summed E-state index contributed by atoms with van der Waals surface area (Å²) in [5.41, 5.74) is 14.4. The molecule has 12 rings (SSSR count). The molecule has 198 valence electrons. The third kappa shape index (κ3) is 1.72. The number of rotatable bonds is 0. The highest BCUT2D eigenvalue weighted by Gasteiger charge is 2.67. The summed E-state index contributed by atoms with van der Waals surface area (Å²) in [6.45, 7) is 4.88. The third-order valence-electron chi connectivity index (χ3n) is 11.4. The van der Waals surface area contributed by atoms with Crippen LogP contribution in [0, 0.1) is 0 Å². The quantitative estimate of drug-likeness (QED) is 0.198. The first-order chi connectivity index (χ1) is 20.5. The minimum atomic E-state index is -0.435. The Kier molecular flexibility index (Phi) is 2.95. The maximum atomic E-state index is 2.66. The Bertz CT molecular complexity index is 2540. The molecule has 0 radical (unpaired) electrons. The van der Waals surface area contributed by atoms with Gasteiger partial charge in [-0.2, -0.15) is 4.57 Å². The molecule has 0 amide bonds. The number of hydrogen-bond donors (Lipinski definition) is 0. The third-order valence-corrected chi connectivity index (χ3v) is 11.4. The standard InChI is InChI=1S/C37H26N5/c1-36(2)24-12-6-10-21-22-11-8-16-40-34(22)42(31(21)24)33-25(36)19-23-20-9-4-5-13-26(20)41-28-15-7-14-27-29(28)37(40,30(33)32(23)41)35-38(3)17-18-39(27)35/h4-19,35H,1-3H3/q+1. The van der Waals surface area contributed by atoms with E-state index in [-0.39, 0.29) is 11.6 Å². The van der Waals surface area contributed by atoms with E-state index in [1.165, 1.54) is 83.1 Å². The van der Waals surface area contributed by atoms with Crippen molar-refractivity contribution in [2.75, 3.05) is 11.9 Å². The molecule has 5 aliphatic rings. The SMILES string of the molecule is CN1C=CN2c3cccc4c3C3(c5c6c(cc7c8ccccc8n-4c57)C(C)(C)c4cccc5c7ccc[n+]3c7n-6c45)C12. The Morgan fingerprint density at radius 2 is 1.50 bits per heavy atom. The number of fused-ring (bicyclic) bond motifs is 7. The second-order valence-corrected chi connectivity index (χ2v) is 13.4. The van der Waals surface area contributed by atoms with E-state index in [1.54, 1.807) is 0 Å². The summed E-state index contributed by atoms with van der Waals surface area (Å²) < 4.78 is 7.89. The first-order valence-corrected chi connectivity index (χ1v) is 15.0. The molecular formula is C37H26N5+. The van der Waals surface area contributed by atoms with Crippen LogP contribution in [0.4, 0.5) is 5.69 Å². The van der Waals surface area contributed by atoms with E-state index in [1.807, 2.05) is 0 Å². The zero-order valence-electron chi connectivity index (χ0n) is 23.6. The molecule has 0 aliphatic carbocycles. The number of nitrogens with zero attached hydrogens (tertiary/aromatic N) is 5. The molecule has 2 atom stereocenters. The fraction of sp³-hybridized carbons (Fsp3) is 0.162. The molecule has 0 bridgehead atoms. The summed E-state index contributed by atoms with van der Waals surface area (Å²) in [6.07, 6.45) is 7.00. The van der Waals surface area contributed by atoms with Crippen molar-refractivity contribution >= 4 is 49.4 Å². The minimum Gasteiger partial charge on any atom is -0.354 e. The van der Waals surface area contributed by atoms with Crippen LogP contribution in [0.25, 0.3) is 55.1 Å². The topological polar surface area (TPSA) is 20.2 Å². The molecule has 0 saturated heterocycles. The largest absolute Gasteiger partial charge is 0.354 e. The lowest BCUT2D eigenvalue weighted by Crippen LogP contribution is -2.70. The molecule has 2 unspecified atom stereocenters. The van der Waals surface area contributed by atoms with Crippen molar-refractivity contribution in [1.82, 2.24) is 14.0 Å². The van der Waals surface area contributed by atoms with Crippen molar-refractivity contribution in [2.24, 2.45) is 0 Å². The second kappa shape index (κ2) is 5.95. The second-order valence-electron chi connectivity index (χ2n) is 13.4. The lowest BCUT2D eigenvalue weighted by molar-refractivity contribution is -0.727. The van der Waals surface area contributed by atoms with Crippen molar-refractivity contribution in [3.05, 3.63) is 120 Å². The van der Waals surface area contributed by atoms with Crippen LogP contribution in [0.1, 0.15) is 36.1 Å². The maximum Gasteiger partial charge on any atom is 0.296 e. The Morgan fingerprint density at radius 1 is 0.690 bits per heavy atom.